The first-order valence-corrected chi connectivity index (χ1v) is 7.40. The van der Waals surface area contributed by atoms with Crippen molar-refractivity contribution in [2.45, 2.75) is 25.2 Å². The first-order chi connectivity index (χ1) is 9.17. The van der Waals surface area contributed by atoms with Gasteiger partial charge in [-0.1, -0.05) is 15.9 Å². The van der Waals surface area contributed by atoms with Crippen molar-refractivity contribution in [1.82, 2.24) is 4.90 Å². The van der Waals surface area contributed by atoms with Gasteiger partial charge in [0.1, 0.15) is 5.82 Å². The van der Waals surface area contributed by atoms with Crippen LogP contribution in [0.5, 0.6) is 0 Å². The highest BCUT2D eigenvalue weighted by atomic mass is 79.9. The van der Waals surface area contributed by atoms with Crippen molar-refractivity contribution in [3.05, 3.63) is 34.1 Å². The zero-order valence-electron chi connectivity index (χ0n) is 10.7. The number of halogens is 2. The van der Waals surface area contributed by atoms with Crippen molar-refractivity contribution in [2.75, 3.05) is 26.3 Å². The molecule has 3 rings (SSSR count). The Kier molecular flexibility index (Phi) is 3.89. The van der Waals surface area contributed by atoms with Crippen molar-refractivity contribution >= 4 is 15.9 Å². The van der Waals surface area contributed by atoms with Gasteiger partial charge in [-0.15, -0.1) is 0 Å². The SMILES string of the molecule is Fc1ccc(Br)cc1CN1CCCC2(C1)OCCO2. The molecule has 1 spiro atoms. The molecule has 0 aliphatic carbocycles. The topological polar surface area (TPSA) is 21.7 Å². The molecule has 2 heterocycles. The van der Waals surface area contributed by atoms with Crippen LogP contribution in [0, 0.1) is 5.82 Å². The van der Waals surface area contributed by atoms with Crippen molar-refractivity contribution in [3.8, 4) is 0 Å². The van der Waals surface area contributed by atoms with Crippen molar-refractivity contribution in [3.63, 3.8) is 0 Å². The monoisotopic (exact) mass is 329 g/mol. The molecule has 2 fully saturated rings. The van der Waals surface area contributed by atoms with Gasteiger partial charge in [-0.05, 0) is 31.2 Å². The Bertz CT molecular complexity index is 463. The summed E-state index contributed by atoms with van der Waals surface area (Å²) in [5.74, 6) is -0.600. The lowest BCUT2D eigenvalue weighted by Crippen LogP contribution is -2.48. The van der Waals surface area contributed by atoms with Crippen LogP contribution < -0.4 is 0 Å². The third-order valence-electron chi connectivity index (χ3n) is 3.71. The third-order valence-corrected chi connectivity index (χ3v) is 4.21. The molecule has 1 aromatic carbocycles. The molecule has 2 aliphatic heterocycles. The molecule has 0 amide bonds. The van der Waals surface area contributed by atoms with Crippen molar-refractivity contribution in [1.29, 1.82) is 0 Å². The largest absolute Gasteiger partial charge is 0.346 e. The fourth-order valence-electron chi connectivity index (χ4n) is 2.84. The van der Waals surface area contributed by atoms with E-state index in [4.69, 9.17) is 9.47 Å². The molecule has 0 atom stereocenters. The lowest BCUT2D eigenvalue weighted by molar-refractivity contribution is -0.190. The first kappa shape index (κ1) is 13.5. The molecule has 0 N–H and O–H groups in total. The van der Waals surface area contributed by atoms with Gasteiger partial charge in [0.25, 0.3) is 0 Å². The number of benzene rings is 1. The van der Waals surface area contributed by atoms with Crippen LogP contribution in [-0.4, -0.2) is 37.0 Å². The van der Waals surface area contributed by atoms with Crippen molar-refractivity contribution in [2.24, 2.45) is 0 Å². The van der Waals surface area contributed by atoms with Crippen LogP contribution >= 0.6 is 15.9 Å². The third kappa shape index (κ3) is 2.99. The standard InChI is InChI=1S/C14H17BrFNO2/c15-12-2-3-13(16)11(8-12)9-17-5-1-4-14(10-17)18-6-7-19-14/h2-3,8H,1,4-7,9-10H2. The molecular formula is C14H17BrFNO2. The first-order valence-electron chi connectivity index (χ1n) is 6.61. The van der Waals surface area contributed by atoms with Crippen LogP contribution in [-0.2, 0) is 16.0 Å². The predicted molar refractivity (Wildman–Crippen MR) is 73.2 cm³/mol. The number of piperidine rings is 1. The molecule has 2 saturated heterocycles. The summed E-state index contributed by atoms with van der Waals surface area (Å²) in [6.45, 7) is 3.61. The van der Waals surface area contributed by atoms with Gasteiger partial charge in [0.2, 0.25) is 0 Å². The summed E-state index contributed by atoms with van der Waals surface area (Å²) in [4.78, 5) is 2.21. The number of rotatable bonds is 2. The van der Waals surface area contributed by atoms with Crippen LogP contribution in [0.1, 0.15) is 18.4 Å². The number of hydrogen-bond donors (Lipinski definition) is 0. The second-order valence-electron chi connectivity index (χ2n) is 5.16. The molecule has 2 aliphatic rings. The number of hydrogen-bond acceptors (Lipinski definition) is 3. The molecule has 3 nitrogen and oxygen atoms in total. The Balaban J connectivity index is 1.70. The Morgan fingerprint density at radius 2 is 2.11 bits per heavy atom. The molecule has 0 aromatic heterocycles. The highest BCUT2D eigenvalue weighted by Gasteiger charge is 2.40. The minimum Gasteiger partial charge on any atom is -0.346 e. The molecule has 1 aromatic rings. The highest BCUT2D eigenvalue weighted by Crippen LogP contribution is 2.31. The minimum absolute atomic E-state index is 0.156. The second-order valence-corrected chi connectivity index (χ2v) is 6.07. The van der Waals surface area contributed by atoms with Gasteiger partial charge in [-0.25, -0.2) is 4.39 Å². The summed E-state index contributed by atoms with van der Waals surface area (Å²) < 4.78 is 26.2. The number of likely N-dealkylation sites (tertiary alicyclic amines) is 1. The predicted octanol–water partition coefficient (Wildman–Crippen LogP) is 2.93. The second kappa shape index (κ2) is 5.48. The molecule has 0 bridgehead atoms. The van der Waals surface area contributed by atoms with E-state index >= 15 is 0 Å². The molecular weight excluding hydrogens is 313 g/mol. The lowest BCUT2D eigenvalue weighted by Gasteiger charge is -2.38. The summed E-state index contributed by atoms with van der Waals surface area (Å²) in [7, 11) is 0. The van der Waals surface area contributed by atoms with Crippen LogP contribution in [0.4, 0.5) is 4.39 Å². The molecule has 19 heavy (non-hydrogen) atoms. The fourth-order valence-corrected chi connectivity index (χ4v) is 3.25. The minimum atomic E-state index is -0.444. The maximum absolute atomic E-state index is 13.8. The van der Waals surface area contributed by atoms with E-state index in [1.165, 1.54) is 6.07 Å². The molecule has 0 saturated carbocycles. The number of ether oxygens (including phenoxy) is 2. The smallest absolute Gasteiger partial charge is 0.181 e. The lowest BCUT2D eigenvalue weighted by atomic mass is 10.0. The van der Waals surface area contributed by atoms with E-state index < -0.39 is 5.79 Å². The Morgan fingerprint density at radius 1 is 1.32 bits per heavy atom. The fraction of sp³-hybridized carbons (Fsp3) is 0.571. The summed E-state index contributed by atoms with van der Waals surface area (Å²) >= 11 is 3.39. The van der Waals surface area contributed by atoms with Crippen molar-refractivity contribution < 1.29 is 13.9 Å². The average Bonchev–Trinajstić information content (AvgIpc) is 2.82. The normalized spacial score (nSPS) is 23.1. The highest BCUT2D eigenvalue weighted by molar-refractivity contribution is 9.10. The van der Waals surface area contributed by atoms with Gasteiger partial charge in [0.05, 0.1) is 19.8 Å². The average molecular weight is 330 g/mol. The van der Waals surface area contributed by atoms with Gasteiger partial charge in [-0.3, -0.25) is 4.90 Å². The molecule has 0 unspecified atom stereocenters. The van der Waals surface area contributed by atoms with Crippen LogP contribution in [0.15, 0.2) is 22.7 Å². The van der Waals surface area contributed by atoms with Gasteiger partial charge in [-0.2, -0.15) is 0 Å². The molecule has 104 valence electrons. The van der Waals surface area contributed by atoms with Gasteiger partial charge in [0, 0.05) is 23.0 Å². The Labute approximate surface area is 120 Å². The quantitative estimate of drug-likeness (QED) is 0.832. The van der Waals surface area contributed by atoms with Crippen LogP contribution in [0.2, 0.25) is 0 Å². The Morgan fingerprint density at radius 3 is 2.89 bits per heavy atom. The summed E-state index contributed by atoms with van der Waals surface area (Å²) in [5.41, 5.74) is 0.712. The van der Waals surface area contributed by atoms with Gasteiger partial charge < -0.3 is 9.47 Å². The Hall–Kier alpha value is -0.490. The maximum Gasteiger partial charge on any atom is 0.181 e. The van der Waals surface area contributed by atoms with E-state index in [9.17, 15) is 4.39 Å². The van der Waals surface area contributed by atoms with E-state index in [1.54, 1.807) is 6.07 Å². The van der Waals surface area contributed by atoms with Gasteiger partial charge >= 0.3 is 0 Å². The summed E-state index contributed by atoms with van der Waals surface area (Å²) in [6, 6.07) is 5.06. The van der Waals surface area contributed by atoms with Crippen LogP contribution in [0.25, 0.3) is 0 Å². The zero-order chi connectivity index (χ0) is 13.3. The number of nitrogens with zero attached hydrogens (tertiary/aromatic N) is 1. The maximum atomic E-state index is 13.8. The molecule has 0 radical (unpaired) electrons. The zero-order valence-corrected chi connectivity index (χ0v) is 12.3. The van der Waals surface area contributed by atoms with Crippen LogP contribution in [0.3, 0.4) is 0 Å². The van der Waals surface area contributed by atoms with E-state index in [1.807, 2.05) is 6.07 Å². The summed E-state index contributed by atoms with van der Waals surface area (Å²) in [6.07, 6.45) is 1.96. The van der Waals surface area contributed by atoms with E-state index in [0.29, 0.717) is 25.3 Å². The molecule has 5 heteroatoms. The van der Waals surface area contributed by atoms with E-state index in [-0.39, 0.29) is 5.82 Å². The van der Waals surface area contributed by atoms with Gasteiger partial charge in [0.15, 0.2) is 5.79 Å². The summed E-state index contributed by atoms with van der Waals surface area (Å²) in [5, 5.41) is 0. The van der Waals surface area contributed by atoms with E-state index in [0.717, 1.165) is 30.4 Å². The van der Waals surface area contributed by atoms with E-state index in [2.05, 4.69) is 20.8 Å².